The highest BCUT2D eigenvalue weighted by molar-refractivity contribution is 5.82. The van der Waals surface area contributed by atoms with Crippen LogP contribution in [0.15, 0.2) is 30.9 Å². The molecule has 0 amide bonds. The third-order valence-corrected chi connectivity index (χ3v) is 5.47. The van der Waals surface area contributed by atoms with Crippen molar-refractivity contribution in [1.82, 2.24) is 19.5 Å². The number of ether oxygens (including phenoxy) is 3. The van der Waals surface area contributed by atoms with Crippen LogP contribution in [-0.2, 0) is 11.2 Å². The number of anilines is 1. The van der Waals surface area contributed by atoms with Gasteiger partial charge in [0.1, 0.15) is 18.7 Å². The fourth-order valence-electron chi connectivity index (χ4n) is 3.87. The van der Waals surface area contributed by atoms with Crippen LogP contribution < -0.4 is 14.8 Å². The van der Waals surface area contributed by atoms with Crippen molar-refractivity contribution in [3.05, 3.63) is 36.4 Å². The Kier molecular flexibility index (Phi) is 5.32. The smallest absolute Gasteiger partial charge is 0.231 e. The van der Waals surface area contributed by atoms with Crippen LogP contribution in [0.2, 0.25) is 0 Å². The monoisotopic (exact) mass is 429 g/mol. The minimum absolute atomic E-state index is 0.213. The molecule has 2 aliphatic rings. The summed E-state index contributed by atoms with van der Waals surface area (Å²) in [4.78, 5) is 12.9. The fourth-order valence-corrected chi connectivity index (χ4v) is 3.87. The summed E-state index contributed by atoms with van der Waals surface area (Å²) in [5.74, 6) is 1.88. The van der Waals surface area contributed by atoms with E-state index in [4.69, 9.17) is 14.2 Å². The van der Waals surface area contributed by atoms with Gasteiger partial charge in [0.15, 0.2) is 28.5 Å². The molecule has 0 aliphatic carbocycles. The minimum Gasteiger partial charge on any atom is -0.454 e. The third-order valence-electron chi connectivity index (χ3n) is 5.47. The van der Waals surface area contributed by atoms with E-state index in [0.29, 0.717) is 41.3 Å². The number of nitrogens with one attached hydrogen (secondary N) is 1. The van der Waals surface area contributed by atoms with Gasteiger partial charge < -0.3 is 34.8 Å². The van der Waals surface area contributed by atoms with Crippen molar-refractivity contribution in [2.24, 2.45) is 0 Å². The van der Waals surface area contributed by atoms with Gasteiger partial charge in [0.05, 0.1) is 25.1 Å². The Labute approximate surface area is 177 Å². The van der Waals surface area contributed by atoms with Crippen molar-refractivity contribution in [2.75, 3.05) is 25.3 Å². The topological polar surface area (TPSA) is 144 Å². The molecule has 31 heavy (non-hydrogen) atoms. The lowest BCUT2D eigenvalue weighted by Crippen LogP contribution is -2.24. The van der Waals surface area contributed by atoms with Gasteiger partial charge in [0.2, 0.25) is 6.79 Å². The number of hydrogen-bond donors (Lipinski definition) is 4. The lowest BCUT2D eigenvalue weighted by Gasteiger charge is -2.14. The van der Waals surface area contributed by atoms with Gasteiger partial charge in [-0.25, -0.2) is 15.0 Å². The largest absolute Gasteiger partial charge is 0.454 e. The Morgan fingerprint density at radius 1 is 1.19 bits per heavy atom. The molecule has 0 spiro atoms. The third kappa shape index (κ3) is 3.88. The molecule has 11 nitrogen and oxygen atoms in total. The predicted octanol–water partition coefficient (Wildman–Crippen LogP) is 0.211. The molecule has 4 heterocycles. The first-order valence-corrected chi connectivity index (χ1v) is 10.0. The van der Waals surface area contributed by atoms with E-state index in [2.05, 4.69) is 20.3 Å². The number of fused-ring (bicyclic) bond motifs is 2. The normalized spacial score (nSPS) is 23.4. The molecule has 3 aromatic rings. The van der Waals surface area contributed by atoms with Gasteiger partial charge >= 0.3 is 0 Å². The van der Waals surface area contributed by atoms with E-state index in [-0.39, 0.29) is 19.9 Å². The van der Waals surface area contributed by atoms with Gasteiger partial charge in [-0.05, 0) is 17.7 Å². The van der Waals surface area contributed by atoms with Gasteiger partial charge in [-0.3, -0.25) is 4.57 Å². The summed E-state index contributed by atoms with van der Waals surface area (Å²) in [7, 11) is 0. The maximum absolute atomic E-state index is 10.5. The van der Waals surface area contributed by atoms with Gasteiger partial charge in [0.25, 0.3) is 0 Å². The maximum Gasteiger partial charge on any atom is 0.231 e. The summed E-state index contributed by atoms with van der Waals surface area (Å²) in [5.41, 5.74) is 2.01. The molecule has 4 atom stereocenters. The Morgan fingerprint density at radius 2 is 2.06 bits per heavy atom. The van der Waals surface area contributed by atoms with E-state index in [0.717, 1.165) is 5.56 Å². The number of nitrogens with zero attached hydrogens (tertiary/aromatic N) is 4. The van der Waals surface area contributed by atoms with Gasteiger partial charge in [-0.2, -0.15) is 0 Å². The highest BCUT2D eigenvalue weighted by atomic mass is 16.7. The van der Waals surface area contributed by atoms with Crippen molar-refractivity contribution in [2.45, 2.75) is 37.4 Å². The molecule has 0 radical (unpaired) electrons. The zero-order chi connectivity index (χ0) is 21.4. The van der Waals surface area contributed by atoms with Crippen molar-refractivity contribution in [3.8, 4) is 11.5 Å². The molecule has 164 valence electrons. The molecule has 2 aromatic heterocycles. The van der Waals surface area contributed by atoms with Crippen LogP contribution in [0.4, 0.5) is 5.82 Å². The summed E-state index contributed by atoms with van der Waals surface area (Å²) >= 11 is 0. The lowest BCUT2D eigenvalue weighted by molar-refractivity contribution is -0.0432. The van der Waals surface area contributed by atoms with E-state index in [1.54, 1.807) is 10.9 Å². The Hall–Kier alpha value is -2.99. The van der Waals surface area contributed by atoms with Crippen LogP contribution in [0.1, 0.15) is 18.2 Å². The van der Waals surface area contributed by atoms with Gasteiger partial charge in [-0.15, -0.1) is 0 Å². The second-order valence-electron chi connectivity index (χ2n) is 7.59. The van der Waals surface area contributed by atoms with Gasteiger partial charge in [0, 0.05) is 19.4 Å². The first-order chi connectivity index (χ1) is 15.1. The number of aliphatic hydroxyl groups is 3. The van der Waals surface area contributed by atoms with E-state index >= 15 is 0 Å². The number of benzene rings is 1. The van der Waals surface area contributed by atoms with Crippen molar-refractivity contribution in [1.29, 1.82) is 0 Å². The number of aliphatic hydroxyl groups excluding tert-OH is 3. The highest BCUT2D eigenvalue weighted by Crippen LogP contribution is 2.33. The summed E-state index contributed by atoms with van der Waals surface area (Å²) in [6, 6.07) is 5.60. The standard InChI is InChI=1S/C20H23N5O6/c26-7-16-13(28)5-17(31-16)25-9-24-18-19(22-8-23-20(18)25)21-6-12(27)3-11-1-2-14-15(4-11)30-10-29-14/h1-2,4,8-9,12-13,16-17,26-28H,3,5-7,10H2,(H,21,22,23)/t12-,13+,16-,17-/m1/s1. The SMILES string of the molecule is OC[C@H]1O[C@@H](n2cnc3c(NC[C@H](O)Cc4ccc5c(c4)OCO5)ncnc32)C[C@@H]1O. The van der Waals surface area contributed by atoms with Crippen LogP contribution in [0, 0.1) is 0 Å². The summed E-state index contributed by atoms with van der Waals surface area (Å²) in [6.45, 7) is 0.219. The minimum atomic E-state index is -0.752. The quantitative estimate of drug-likeness (QED) is 0.411. The summed E-state index contributed by atoms with van der Waals surface area (Å²) in [6.07, 6.45) is 1.22. The lowest BCUT2D eigenvalue weighted by atomic mass is 10.1. The van der Waals surface area contributed by atoms with Crippen LogP contribution in [0.5, 0.6) is 11.5 Å². The molecule has 0 bridgehead atoms. The van der Waals surface area contributed by atoms with Crippen LogP contribution >= 0.6 is 0 Å². The Bertz CT molecular complexity index is 1080. The number of rotatable bonds is 7. The number of hydrogen-bond acceptors (Lipinski definition) is 10. The molecule has 2 aliphatic heterocycles. The first-order valence-electron chi connectivity index (χ1n) is 10.0. The molecule has 0 unspecified atom stereocenters. The molecular weight excluding hydrogens is 406 g/mol. The fraction of sp³-hybridized carbons (Fsp3) is 0.450. The van der Waals surface area contributed by atoms with Crippen molar-refractivity contribution < 1.29 is 29.5 Å². The molecular formula is C20H23N5O6. The average Bonchev–Trinajstić information content (AvgIpc) is 3.49. The number of aromatic nitrogens is 4. The summed E-state index contributed by atoms with van der Waals surface area (Å²) < 4.78 is 18.1. The van der Waals surface area contributed by atoms with E-state index in [9.17, 15) is 15.3 Å². The zero-order valence-electron chi connectivity index (χ0n) is 16.6. The van der Waals surface area contributed by atoms with Crippen LogP contribution in [0.25, 0.3) is 11.2 Å². The van der Waals surface area contributed by atoms with E-state index < -0.39 is 24.5 Å². The van der Waals surface area contributed by atoms with Crippen molar-refractivity contribution in [3.63, 3.8) is 0 Å². The molecule has 4 N–H and O–H groups in total. The number of imidazole rings is 1. The molecule has 11 heteroatoms. The Balaban J connectivity index is 1.26. The second kappa shape index (κ2) is 8.27. The van der Waals surface area contributed by atoms with Gasteiger partial charge in [-0.1, -0.05) is 6.07 Å². The predicted molar refractivity (Wildman–Crippen MR) is 108 cm³/mol. The van der Waals surface area contributed by atoms with E-state index in [1.807, 2.05) is 18.2 Å². The molecule has 1 aromatic carbocycles. The average molecular weight is 429 g/mol. The Morgan fingerprint density at radius 3 is 2.90 bits per heavy atom. The van der Waals surface area contributed by atoms with Crippen LogP contribution in [-0.4, -0.2) is 73.1 Å². The zero-order valence-corrected chi connectivity index (χ0v) is 16.6. The second-order valence-corrected chi connectivity index (χ2v) is 7.59. The van der Waals surface area contributed by atoms with Crippen molar-refractivity contribution >= 4 is 17.0 Å². The highest BCUT2D eigenvalue weighted by Gasteiger charge is 2.35. The molecule has 5 rings (SSSR count). The molecule has 1 fully saturated rings. The van der Waals surface area contributed by atoms with Crippen LogP contribution in [0.3, 0.4) is 0 Å². The molecule has 1 saturated heterocycles. The molecule has 0 saturated carbocycles. The van der Waals surface area contributed by atoms with E-state index in [1.165, 1.54) is 6.33 Å². The first kappa shape index (κ1) is 19.9. The maximum atomic E-state index is 10.5. The summed E-state index contributed by atoms with van der Waals surface area (Å²) in [5, 5.41) is 32.9.